The van der Waals surface area contributed by atoms with Crippen LogP contribution in [0.25, 0.3) is 0 Å². The molecule has 0 saturated carbocycles. The van der Waals surface area contributed by atoms with Crippen LogP contribution in [-0.2, 0) is 57.1 Å². The Morgan fingerprint density at radius 1 is 0.478 bits per heavy atom. The van der Waals surface area contributed by atoms with Crippen LogP contribution in [0, 0.1) is 5.41 Å². The van der Waals surface area contributed by atoms with Gasteiger partial charge in [0.05, 0.1) is 119 Å². The number of rotatable bonds is 35. The van der Waals surface area contributed by atoms with E-state index in [9.17, 15) is 19.2 Å². The molecule has 0 fully saturated rings. The van der Waals surface area contributed by atoms with E-state index >= 15 is 0 Å². The Morgan fingerprint density at radius 3 is 1.11 bits per heavy atom. The quantitative estimate of drug-likeness (QED) is 0.0679. The normalized spacial score (nSPS) is 11.4. The zero-order chi connectivity index (χ0) is 34.1. The molecule has 0 spiro atoms. The minimum Gasteiger partial charge on any atom is -0.481 e. The number of carbonyl (C=O) groups is 4. The summed E-state index contributed by atoms with van der Waals surface area (Å²) in [7, 11) is 0. The molecule has 16 nitrogen and oxygen atoms in total. The smallest absolute Gasteiger partial charge is 0.305 e. The number of aliphatic carboxylic acids is 2. The van der Waals surface area contributed by atoms with Crippen molar-refractivity contribution in [2.75, 3.05) is 119 Å². The molecule has 0 unspecified atom stereocenters. The third-order valence-electron chi connectivity index (χ3n) is 6.25. The van der Waals surface area contributed by atoms with Gasteiger partial charge in [0.2, 0.25) is 11.8 Å². The number of carboxylic acids is 2. The first kappa shape index (κ1) is 43.6. The van der Waals surface area contributed by atoms with Gasteiger partial charge in [-0.2, -0.15) is 0 Å². The molecule has 0 atom stereocenters. The van der Waals surface area contributed by atoms with Crippen LogP contribution >= 0.6 is 0 Å². The average molecular weight is 669 g/mol. The second kappa shape index (κ2) is 31.2. The van der Waals surface area contributed by atoms with Crippen molar-refractivity contribution in [2.45, 2.75) is 46.0 Å². The van der Waals surface area contributed by atoms with Crippen molar-refractivity contribution in [1.82, 2.24) is 10.6 Å². The van der Waals surface area contributed by atoms with E-state index in [0.29, 0.717) is 92.4 Å². The lowest BCUT2D eigenvalue weighted by Gasteiger charge is -2.27. The van der Waals surface area contributed by atoms with Gasteiger partial charge in [-0.1, -0.05) is 13.8 Å². The average Bonchev–Trinajstić information content (AvgIpc) is 3.02. The van der Waals surface area contributed by atoms with Crippen molar-refractivity contribution in [3.8, 4) is 0 Å². The summed E-state index contributed by atoms with van der Waals surface area (Å²) in [5.41, 5.74) is -0.242. The SMILES string of the molecule is CCC(C)(COCCC(=O)NCCOCCOCCOCCC(=O)O)COCCC(=O)NCCOCCOCCOCCC(=O)O. The van der Waals surface area contributed by atoms with Gasteiger partial charge in [0, 0.05) is 31.3 Å². The Labute approximate surface area is 272 Å². The lowest BCUT2D eigenvalue weighted by molar-refractivity contribution is -0.139. The zero-order valence-corrected chi connectivity index (χ0v) is 27.6. The summed E-state index contributed by atoms with van der Waals surface area (Å²) in [5.74, 6) is -2.06. The van der Waals surface area contributed by atoms with Crippen LogP contribution in [0.15, 0.2) is 0 Å². The first-order chi connectivity index (χ1) is 22.2. The number of carboxylic acid groups (broad SMARTS) is 2. The number of carbonyl (C=O) groups excluding carboxylic acids is 2. The summed E-state index contributed by atoms with van der Waals surface area (Å²) in [6.45, 7) is 10.1. The van der Waals surface area contributed by atoms with Gasteiger partial charge >= 0.3 is 11.9 Å². The number of hydrogen-bond acceptors (Lipinski definition) is 12. The number of amides is 2. The van der Waals surface area contributed by atoms with Crippen molar-refractivity contribution < 1.29 is 67.3 Å². The van der Waals surface area contributed by atoms with Crippen LogP contribution < -0.4 is 10.6 Å². The Hall–Kier alpha value is -2.44. The molecule has 0 saturated heterocycles. The molecule has 0 aromatic heterocycles. The molecule has 0 aliphatic heterocycles. The molecule has 4 N–H and O–H groups in total. The molecule has 0 heterocycles. The maximum absolute atomic E-state index is 12.0. The summed E-state index contributed by atoms with van der Waals surface area (Å²) in [6, 6.07) is 0. The standard InChI is InChI=1S/C30H56N2O14/c1-3-30(2,24-45-10-4-26(33)31-8-14-41-18-22-43-20-16-39-12-6-28(35)36)25-46-11-5-27(34)32-9-15-42-19-23-44-21-17-40-13-7-29(37)38/h3-25H2,1-2H3,(H,31,33)(H,32,34)(H,35,36)(H,37,38). The lowest BCUT2D eigenvalue weighted by Crippen LogP contribution is -2.32. The second-order valence-corrected chi connectivity index (χ2v) is 10.4. The fraction of sp³-hybridized carbons (Fsp3) is 0.867. The monoisotopic (exact) mass is 668 g/mol. The van der Waals surface area contributed by atoms with Gasteiger partial charge < -0.3 is 58.7 Å². The van der Waals surface area contributed by atoms with Gasteiger partial charge in [-0.15, -0.1) is 0 Å². The highest BCUT2D eigenvalue weighted by Crippen LogP contribution is 2.22. The predicted molar refractivity (Wildman–Crippen MR) is 165 cm³/mol. The van der Waals surface area contributed by atoms with Gasteiger partial charge in [-0.05, 0) is 6.42 Å². The molecule has 0 aromatic carbocycles. The van der Waals surface area contributed by atoms with E-state index in [1.807, 2.05) is 13.8 Å². The van der Waals surface area contributed by atoms with Crippen LogP contribution in [0.4, 0.5) is 0 Å². The Bertz CT molecular complexity index is 729. The largest absolute Gasteiger partial charge is 0.481 e. The van der Waals surface area contributed by atoms with Gasteiger partial charge in [0.1, 0.15) is 0 Å². The zero-order valence-electron chi connectivity index (χ0n) is 27.6. The Kier molecular flexibility index (Phi) is 29.5. The Balaban J connectivity index is 3.61. The van der Waals surface area contributed by atoms with Gasteiger partial charge in [-0.3, -0.25) is 19.2 Å². The summed E-state index contributed by atoms with van der Waals surface area (Å²) >= 11 is 0. The van der Waals surface area contributed by atoms with E-state index in [2.05, 4.69) is 10.6 Å². The lowest BCUT2D eigenvalue weighted by atomic mass is 9.90. The van der Waals surface area contributed by atoms with Crippen molar-refractivity contribution in [1.29, 1.82) is 0 Å². The molecule has 0 radical (unpaired) electrons. The van der Waals surface area contributed by atoms with Crippen LogP contribution in [0.3, 0.4) is 0 Å². The van der Waals surface area contributed by atoms with E-state index in [4.69, 9.17) is 48.1 Å². The van der Waals surface area contributed by atoms with Crippen molar-refractivity contribution in [2.24, 2.45) is 5.41 Å². The summed E-state index contributed by atoms with van der Waals surface area (Å²) in [6.07, 6.45) is 1.20. The minimum atomic E-state index is -0.899. The Morgan fingerprint density at radius 2 is 0.783 bits per heavy atom. The van der Waals surface area contributed by atoms with Crippen LogP contribution in [-0.4, -0.2) is 153 Å². The fourth-order valence-corrected chi connectivity index (χ4v) is 3.32. The van der Waals surface area contributed by atoms with Gasteiger partial charge in [0.15, 0.2) is 0 Å². The van der Waals surface area contributed by atoms with E-state index in [-0.39, 0.29) is 69.3 Å². The van der Waals surface area contributed by atoms with Crippen LogP contribution in [0.5, 0.6) is 0 Å². The molecule has 0 rings (SSSR count). The second-order valence-electron chi connectivity index (χ2n) is 10.4. The van der Waals surface area contributed by atoms with Crippen molar-refractivity contribution in [3.63, 3.8) is 0 Å². The molecular formula is C30H56N2O14. The molecule has 46 heavy (non-hydrogen) atoms. The molecule has 0 bridgehead atoms. The number of hydrogen-bond donors (Lipinski definition) is 4. The van der Waals surface area contributed by atoms with Crippen molar-refractivity contribution >= 4 is 23.8 Å². The van der Waals surface area contributed by atoms with Crippen LogP contribution in [0.1, 0.15) is 46.0 Å². The highest BCUT2D eigenvalue weighted by molar-refractivity contribution is 5.76. The van der Waals surface area contributed by atoms with Crippen molar-refractivity contribution in [3.05, 3.63) is 0 Å². The highest BCUT2D eigenvalue weighted by atomic mass is 16.6. The fourth-order valence-electron chi connectivity index (χ4n) is 3.32. The minimum absolute atomic E-state index is 0.0317. The van der Waals surface area contributed by atoms with E-state index in [0.717, 1.165) is 6.42 Å². The first-order valence-electron chi connectivity index (χ1n) is 15.8. The van der Waals surface area contributed by atoms with Gasteiger partial charge in [0.25, 0.3) is 0 Å². The third kappa shape index (κ3) is 31.5. The summed E-state index contributed by atoms with van der Waals surface area (Å²) in [5, 5.41) is 22.6. The summed E-state index contributed by atoms with van der Waals surface area (Å²) < 4.78 is 43.1. The van der Waals surface area contributed by atoms with E-state index in [1.165, 1.54) is 0 Å². The van der Waals surface area contributed by atoms with E-state index < -0.39 is 11.9 Å². The molecule has 16 heteroatoms. The van der Waals surface area contributed by atoms with E-state index in [1.54, 1.807) is 0 Å². The topological polar surface area (TPSA) is 207 Å². The third-order valence-corrected chi connectivity index (χ3v) is 6.25. The molecule has 0 aromatic rings. The molecule has 270 valence electrons. The summed E-state index contributed by atoms with van der Waals surface area (Å²) in [4.78, 5) is 44.7. The number of ether oxygens (including phenoxy) is 8. The molecule has 2 amide bonds. The maximum atomic E-state index is 12.0. The number of nitrogens with one attached hydrogen (secondary N) is 2. The first-order valence-corrected chi connectivity index (χ1v) is 15.8. The molecule has 0 aliphatic carbocycles. The molecular weight excluding hydrogens is 612 g/mol. The predicted octanol–water partition coefficient (Wildman–Crippen LogP) is 0.498. The van der Waals surface area contributed by atoms with Gasteiger partial charge in [-0.25, -0.2) is 0 Å². The maximum Gasteiger partial charge on any atom is 0.305 e. The highest BCUT2D eigenvalue weighted by Gasteiger charge is 2.23. The van der Waals surface area contributed by atoms with Crippen LogP contribution in [0.2, 0.25) is 0 Å². The molecule has 0 aliphatic rings.